The highest BCUT2D eigenvalue weighted by molar-refractivity contribution is 6.67. The molecule has 0 rings (SSSR count). The molecule has 0 heterocycles. The van der Waals surface area contributed by atoms with Crippen LogP contribution in [0.5, 0.6) is 0 Å². The molecule has 0 atom stereocenters. The zero-order valence-electron chi connectivity index (χ0n) is 5.68. The van der Waals surface area contributed by atoms with E-state index in [1.165, 1.54) is 7.11 Å². The monoisotopic (exact) mass is 151 g/mol. The minimum atomic E-state index is -0.684. The first-order chi connectivity index (χ1) is 4.04. The largest absolute Gasteiger partial charge is 0.410 e. The first-order valence-corrected chi connectivity index (χ1v) is 2.85. The number of ether oxygens (including phenoxy) is 1. The van der Waals surface area contributed by atoms with Crippen LogP contribution in [0, 0.1) is 0 Å². The van der Waals surface area contributed by atoms with Gasteiger partial charge in [0.15, 0.2) is 5.17 Å². The van der Waals surface area contributed by atoms with Crippen LogP contribution < -0.4 is 0 Å². The Hall–Kier alpha value is -0.280. The Morgan fingerprint density at radius 3 is 2.22 bits per heavy atom. The summed E-state index contributed by atoms with van der Waals surface area (Å²) in [4.78, 5) is 0. The molecule has 0 radical (unpaired) electrons. The first-order valence-electron chi connectivity index (χ1n) is 2.47. The van der Waals surface area contributed by atoms with Crippen molar-refractivity contribution in [3.63, 3.8) is 0 Å². The number of methoxy groups -OCH3 is 1. The molecule has 0 aromatic heterocycles. The van der Waals surface area contributed by atoms with Crippen LogP contribution in [0.15, 0.2) is 5.16 Å². The van der Waals surface area contributed by atoms with E-state index in [9.17, 15) is 0 Å². The fraction of sp³-hybridized carbons (Fsp3) is 0.800. The SMILES string of the molecule is COC(C)(C)/C(Cl)=N\O. The third-order valence-electron chi connectivity index (χ3n) is 1.09. The molecule has 0 amide bonds. The molecule has 3 nitrogen and oxygen atoms in total. The molecule has 0 saturated carbocycles. The molecule has 0 aliphatic rings. The fourth-order valence-electron chi connectivity index (χ4n) is 0.205. The second-order valence-electron chi connectivity index (χ2n) is 2.11. The molecule has 9 heavy (non-hydrogen) atoms. The van der Waals surface area contributed by atoms with E-state index in [4.69, 9.17) is 21.5 Å². The average molecular weight is 152 g/mol. The zero-order valence-corrected chi connectivity index (χ0v) is 6.44. The lowest BCUT2D eigenvalue weighted by molar-refractivity contribution is 0.0822. The van der Waals surface area contributed by atoms with Crippen molar-refractivity contribution in [2.75, 3.05) is 7.11 Å². The number of hydrogen-bond acceptors (Lipinski definition) is 3. The van der Waals surface area contributed by atoms with Crippen molar-refractivity contribution in [2.24, 2.45) is 5.16 Å². The maximum absolute atomic E-state index is 8.18. The van der Waals surface area contributed by atoms with Crippen molar-refractivity contribution in [3.05, 3.63) is 0 Å². The second-order valence-corrected chi connectivity index (χ2v) is 2.46. The third kappa shape index (κ3) is 2.20. The topological polar surface area (TPSA) is 41.8 Å². The molecule has 0 aliphatic carbocycles. The fourth-order valence-corrected chi connectivity index (χ4v) is 0.282. The Morgan fingerprint density at radius 2 is 2.11 bits per heavy atom. The molecule has 0 unspecified atom stereocenters. The van der Waals surface area contributed by atoms with Crippen LogP contribution in [0.3, 0.4) is 0 Å². The summed E-state index contributed by atoms with van der Waals surface area (Å²) < 4.78 is 4.87. The maximum Gasteiger partial charge on any atom is 0.176 e. The second kappa shape index (κ2) is 3.03. The minimum Gasteiger partial charge on any atom is -0.410 e. The molecule has 0 spiro atoms. The van der Waals surface area contributed by atoms with Gasteiger partial charge in [-0.05, 0) is 13.8 Å². The third-order valence-corrected chi connectivity index (χ3v) is 1.63. The Bertz CT molecular complexity index is 122. The van der Waals surface area contributed by atoms with Crippen LogP contribution in [0.25, 0.3) is 0 Å². The lowest BCUT2D eigenvalue weighted by atomic mass is 10.2. The molecular weight excluding hydrogens is 142 g/mol. The average Bonchev–Trinajstić information content (AvgIpc) is 1.86. The lowest BCUT2D eigenvalue weighted by Gasteiger charge is -2.18. The molecule has 1 N–H and O–H groups in total. The van der Waals surface area contributed by atoms with Crippen molar-refractivity contribution in [1.82, 2.24) is 0 Å². The van der Waals surface area contributed by atoms with Crippen molar-refractivity contribution < 1.29 is 9.94 Å². The number of hydrogen-bond donors (Lipinski definition) is 1. The summed E-state index contributed by atoms with van der Waals surface area (Å²) in [6.07, 6.45) is 0. The highest BCUT2D eigenvalue weighted by Gasteiger charge is 2.22. The molecular formula is C5H10ClNO2. The van der Waals surface area contributed by atoms with Gasteiger partial charge in [-0.3, -0.25) is 0 Å². The van der Waals surface area contributed by atoms with E-state index in [0.29, 0.717) is 0 Å². The summed E-state index contributed by atoms with van der Waals surface area (Å²) in [6, 6.07) is 0. The number of nitrogens with zero attached hydrogens (tertiary/aromatic N) is 1. The van der Waals surface area contributed by atoms with Crippen LogP contribution in [0.1, 0.15) is 13.8 Å². The Morgan fingerprint density at radius 1 is 1.67 bits per heavy atom. The van der Waals surface area contributed by atoms with E-state index in [-0.39, 0.29) is 5.17 Å². The van der Waals surface area contributed by atoms with Gasteiger partial charge < -0.3 is 9.94 Å². The number of rotatable bonds is 2. The Labute approximate surface area is 59.3 Å². The molecule has 0 aromatic rings. The normalized spacial score (nSPS) is 14.0. The summed E-state index contributed by atoms with van der Waals surface area (Å²) in [5.41, 5.74) is -0.684. The molecule has 0 fully saturated rings. The predicted molar refractivity (Wildman–Crippen MR) is 36.2 cm³/mol. The van der Waals surface area contributed by atoms with Crippen molar-refractivity contribution in [3.8, 4) is 0 Å². The van der Waals surface area contributed by atoms with Crippen LogP contribution in [0.4, 0.5) is 0 Å². The molecule has 0 saturated heterocycles. The Balaban J connectivity index is 4.14. The highest BCUT2D eigenvalue weighted by atomic mass is 35.5. The summed E-state index contributed by atoms with van der Waals surface area (Å²) in [7, 11) is 1.49. The lowest BCUT2D eigenvalue weighted by Crippen LogP contribution is -2.29. The van der Waals surface area contributed by atoms with Crippen LogP contribution in [-0.2, 0) is 4.74 Å². The molecule has 4 heteroatoms. The smallest absolute Gasteiger partial charge is 0.176 e. The zero-order chi connectivity index (χ0) is 7.49. The van der Waals surface area contributed by atoms with Crippen molar-refractivity contribution in [2.45, 2.75) is 19.4 Å². The van der Waals surface area contributed by atoms with Gasteiger partial charge in [-0.1, -0.05) is 16.8 Å². The van der Waals surface area contributed by atoms with Gasteiger partial charge in [-0.15, -0.1) is 0 Å². The summed E-state index contributed by atoms with van der Waals surface area (Å²) in [6.45, 7) is 3.41. The molecule has 0 aliphatic heterocycles. The number of halogens is 1. The van der Waals surface area contributed by atoms with Crippen LogP contribution in [-0.4, -0.2) is 23.1 Å². The van der Waals surface area contributed by atoms with Crippen molar-refractivity contribution in [1.29, 1.82) is 0 Å². The van der Waals surface area contributed by atoms with E-state index < -0.39 is 5.60 Å². The van der Waals surface area contributed by atoms with E-state index in [2.05, 4.69) is 5.16 Å². The summed E-state index contributed by atoms with van der Waals surface area (Å²) >= 11 is 5.43. The van der Waals surface area contributed by atoms with Gasteiger partial charge in [0.2, 0.25) is 0 Å². The van der Waals surface area contributed by atoms with E-state index in [1.807, 2.05) is 0 Å². The van der Waals surface area contributed by atoms with Crippen LogP contribution >= 0.6 is 11.6 Å². The summed E-state index contributed by atoms with van der Waals surface area (Å²) in [5, 5.41) is 11.0. The van der Waals surface area contributed by atoms with Gasteiger partial charge in [-0.2, -0.15) is 0 Å². The maximum atomic E-state index is 8.18. The van der Waals surface area contributed by atoms with Crippen LogP contribution in [0.2, 0.25) is 0 Å². The highest BCUT2D eigenvalue weighted by Crippen LogP contribution is 2.12. The quantitative estimate of drug-likeness (QED) is 0.369. The molecule has 0 aromatic carbocycles. The van der Waals surface area contributed by atoms with Gasteiger partial charge in [0.25, 0.3) is 0 Å². The van der Waals surface area contributed by atoms with Crippen molar-refractivity contribution >= 4 is 16.8 Å². The standard InChI is InChI=1S/C5H10ClNO2/c1-5(2,9-3)4(6)7-8/h8H,1-3H3/b7-4+. The van der Waals surface area contributed by atoms with Gasteiger partial charge in [-0.25, -0.2) is 0 Å². The number of oxime groups is 1. The van der Waals surface area contributed by atoms with E-state index in [0.717, 1.165) is 0 Å². The van der Waals surface area contributed by atoms with Gasteiger partial charge >= 0.3 is 0 Å². The first kappa shape index (κ1) is 8.72. The van der Waals surface area contributed by atoms with Gasteiger partial charge in [0.05, 0.1) is 0 Å². The van der Waals surface area contributed by atoms with Gasteiger partial charge in [0.1, 0.15) is 5.60 Å². The predicted octanol–water partition coefficient (Wildman–Crippen LogP) is 1.44. The molecule has 54 valence electrons. The Kier molecular flexibility index (Phi) is 2.94. The van der Waals surface area contributed by atoms with E-state index >= 15 is 0 Å². The van der Waals surface area contributed by atoms with Gasteiger partial charge in [0, 0.05) is 7.11 Å². The van der Waals surface area contributed by atoms with E-state index in [1.54, 1.807) is 13.8 Å². The summed E-state index contributed by atoms with van der Waals surface area (Å²) in [5.74, 6) is 0. The minimum absolute atomic E-state index is 0.0463. The molecule has 0 bridgehead atoms.